The second-order valence-corrected chi connectivity index (χ2v) is 7.47. The summed E-state index contributed by atoms with van der Waals surface area (Å²) in [7, 11) is 0. The first-order valence-corrected chi connectivity index (χ1v) is 9.70. The van der Waals surface area contributed by atoms with Crippen molar-refractivity contribution in [1.82, 2.24) is 10.3 Å². The van der Waals surface area contributed by atoms with Crippen LogP contribution in [0.1, 0.15) is 24.0 Å². The van der Waals surface area contributed by atoms with Crippen LogP contribution in [-0.4, -0.2) is 43.2 Å². The number of benzene rings is 1. The molecule has 6 nitrogen and oxygen atoms in total. The lowest BCUT2D eigenvalue weighted by Crippen LogP contribution is -2.46. The molecule has 2 fully saturated rings. The number of carbonyl (C=O) groups is 1. The molecule has 0 radical (unpaired) electrons. The van der Waals surface area contributed by atoms with Crippen LogP contribution in [0.4, 0.5) is 22.0 Å². The fourth-order valence-electron chi connectivity index (χ4n) is 3.50. The highest BCUT2D eigenvalue weighted by molar-refractivity contribution is 5.88. The van der Waals surface area contributed by atoms with Crippen LogP contribution in [0.15, 0.2) is 36.5 Å². The zero-order chi connectivity index (χ0) is 18.8. The maximum Gasteiger partial charge on any atom is 0.320 e. The lowest BCUT2D eigenvalue weighted by atomic mass is 10.1. The molecule has 0 atom stereocenters. The van der Waals surface area contributed by atoms with Crippen molar-refractivity contribution >= 4 is 23.2 Å². The van der Waals surface area contributed by atoms with E-state index in [2.05, 4.69) is 57.5 Å². The van der Waals surface area contributed by atoms with Crippen LogP contribution in [-0.2, 0) is 0 Å². The molecule has 1 aromatic heterocycles. The number of hydrogen-bond acceptors (Lipinski definition) is 4. The number of carbonyl (C=O) groups excluding carboxylic acids is 1. The molecular formula is C21H27N5O. The number of nitrogens with one attached hydrogen (secondary N) is 2. The summed E-state index contributed by atoms with van der Waals surface area (Å²) in [6.45, 7) is 8.28. The lowest BCUT2D eigenvalue weighted by Gasteiger charge is -2.38. The van der Waals surface area contributed by atoms with Crippen LogP contribution in [0.25, 0.3) is 0 Å². The number of anilines is 3. The summed E-state index contributed by atoms with van der Waals surface area (Å²) in [5.74, 6) is 0.589. The highest BCUT2D eigenvalue weighted by Crippen LogP contribution is 2.25. The highest BCUT2D eigenvalue weighted by atomic mass is 16.2. The van der Waals surface area contributed by atoms with Crippen LogP contribution in [0, 0.1) is 13.8 Å². The Labute approximate surface area is 160 Å². The van der Waals surface area contributed by atoms with Gasteiger partial charge in [-0.15, -0.1) is 0 Å². The number of aromatic nitrogens is 1. The molecule has 6 heteroatoms. The van der Waals surface area contributed by atoms with E-state index in [1.54, 1.807) is 0 Å². The lowest BCUT2D eigenvalue weighted by molar-refractivity contribution is 0.251. The Kier molecular flexibility index (Phi) is 4.88. The number of piperazine rings is 1. The Balaban J connectivity index is 1.33. The normalized spacial score (nSPS) is 17.0. The van der Waals surface area contributed by atoms with Gasteiger partial charge < -0.3 is 15.1 Å². The Morgan fingerprint density at radius 1 is 1.04 bits per heavy atom. The molecule has 0 unspecified atom stereocenters. The van der Waals surface area contributed by atoms with Gasteiger partial charge in [0.25, 0.3) is 0 Å². The van der Waals surface area contributed by atoms with E-state index in [-0.39, 0.29) is 6.03 Å². The van der Waals surface area contributed by atoms with Crippen molar-refractivity contribution in [2.75, 3.05) is 41.3 Å². The third-order valence-corrected chi connectivity index (χ3v) is 5.46. The van der Waals surface area contributed by atoms with Gasteiger partial charge in [0.15, 0.2) is 0 Å². The largest absolute Gasteiger partial charge is 0.368 e. The van der Waals surface area contributed by atoms with Crippen molar-refractivity contribution in [3.63, 3.8) is 0 Å². The third kappa shape index (κ3) is 4.15. The highest BCUT2D eigenvalue weighted by Gasteiger charge is 2.23. The van der Waals surface area contributed by atoms with E-state index in [9.17, 15) is 4.79 Å². The number of urea groups is 1. The molecule has 2 amide bonds. The van der Waals surface area contributed by atoms with E-state index in [0.29, 0.717) is 11.9 Å². The summed E-state index contributed by atoms with van der Waals surface area (Å²) in [5.41, 5.74) is 5.15. The minimum absolute atomic E-state index is 0.167. The average molecular weight is 365 g/mol. The van der Waals surface area contributed by atoms with Gasteiger partial charge in [0, 0.05) is 37.9 Å². The van der Waals surface area contributed by atoms with Gasteiger partial charge in [0.1, 0.15) is 5.82 Å². The second-order valence-electron chi connectivity index (χ2n) is 7.47. The number of nitrogens with zero attached hydrogens (tertiary/aromatic N) is 3. The van der Waals surface area contributed by atoms with E-state index >= 15 is 0 Å². The van der Waals surface area contributed by atoms with Crippen molar-refractivity contribution in [3.8, 4) is 0 Å². The quantitative estimate of drug-likeness (QED) is 0.873. The standard InChI is InChI=1S/C21H27N5O/c1-15-4-3-5-19(16(15)2)26-12-10-25(11-13-26)18-8-9-20(22-14-18)24-21(27)23-17-6-7-17/h3-5,8-9,14,17H,6-7,10-13H2,1-2H3,(H2,22,23,24,27). The van der Waals surface area contributed by atoms with Crippen molar-refractivity contribution in [1.29, 1.82) is 0 Å². The van der Waals surface area contributed by atoms with E-state index in [0.717, 1.165) is 44.7 Å². The minimum atomic E-state index is -0.167. The van der Waals surface area contributed by atoms with Crippen molar-refractivity contribution in [3.05, 3.63) is 47.7 Å². The minimum Gasteiger partial charge on any atom is -0.368 e. The number of pyridine rings is 1. The van der Waals surface area contributed by atoms with Gasteiger partial charge in [-0.25, -0.2) is 9.78 Å². The molecule has 2 aliphatic rings. The van der Waals surface area contributed by atoms with Crippen LogP contribution in [0.5, 0.6) is 0 Å². The number of hydrogen-bond donors (Lipinski definition) is 2. The average Bonchev–Trinajstić information content (AvgIpc) is 3.49. The molecule has 1 saturated carbocycles. The van der Waals surface area contributed by atoms with E-state index < -0.39 is 0 Å². The first-order chi connectivity index (χ1) is 13.1. The number of aryl methyl sites for hydroxylation is 1. The van der Waals surface area contributed by atoms with Gasteiger partial charge in [-0.3, -0.25) is 5.32 Å². The molecule has 4 rings (SSSR count). The van der Waals surface area contributed by atoms with Crippen LogP contribution in [0.2, 0.25) is 0 Å². The topological polar surface area (TPSA) is 60.5 Å². The van der Waals surface area contributed by atoms with Gasteiger partial charge in [-0.1, -0.05) is 12.1 Å². The van der Waals surface area contributed by atoms with Crippen molar-refractivity contribution < 1.29 is 4.79 Å². The SMILES string of the molecule is Cc1cccc(N2CCN(c3ccc(NC(=O)NC4CC4)nc3)CC2)c1C. The van der Waals surface area contributed by atoms with Gasteiger partial charge in [-0.05, 0) is 56.0 Å². The smallest absolute Gasteiger partial charge is 0.320 e. The van der Waals surface area contributed by atoms with Crippen LogP contribution >= 0.6 is 0 Å². The van der Waals surface area contributed by atoms with E-state index in [1.807, 2.05) is 18.3 Å². The molecule has 142 valence electrons. The third-order valence-electron chi connectivity index (χ3n) is 5.46. The molecule has 27 heavy (non-hydrogen) atoms. The van der Waals surface area contributed by atoms with E-state index in [1.165, 1.54) is 16.8 Å². The summed E-state index contributed by atoms with van der Waals surface area (Å²) < 4.78 is 0. The fourth-order valence-corrected chi connectivity index (χ4v) is 3.50. The van der Waals surface area contributed by atoms with Crippen LogP contribution in [0.3, 0.4) is 0 Å². The van der Waals surface area contributed by atoms with Gasteiger partial charge in [-0.2, -0.15) is 0 Å². The number of amides is 2. The first kappa shape index (κ1) is 17.6. The predicted molar refractivity (Wildman–Crippen MR) is 110 cm³/mol. The van der Waals surface area contributed by atoms with Gasteiger partial charge in [0.2, 0.25) is 0 Å². The summed E-state index contributed by atoms with van der Waals surface area (Å²) in [5, 5.41) is 5.70. The zero-order valence-corrected chi connectivity index (χ0v) is 16.0. The summed E-state index contributed by atoms with van der Waals surface area (Å²) in [6, 6.07) is 10.6. The summed E-state index contributed by atoms with van der Waals surface area (Å²) in [4.78, 5) is 21.0. The Morgan fingerprint density at radius 3 is 2.44 bits per heavy atom. The van der Waals surface area contributed by atoms with Gasteiger partial charge in [0.05, 0.1) is 11.9 Å². The van der Waals surface area contributed by atoms with E-state index in [4.69, 9.17) is 0 Å². The predicted octanol–water partition coefficient (Wildman–Crippen LogP) is 3.31. The maximum absolute atomic E-state index is 11.8. The summed E-state index contributed by atoms with van der Waals surface area (Å²) in [6.07, 6.45) is 4.00. The van der Waals surface area contributed by atoms with Crippen LogP contribution < -0.4 is 20.4 Å². The molecule has 0 spiro atoms. The monoisotopic (exact) mass is 365 g/mol. The molecule has 1 aromatic carbocycles. The summed E-state index contributed by atoms with van der Waals surface area (Å²) >= 11 is 0. The molecule has 1 aliphatic heterocycles. The van der Waals surface area contributed by atoms with Gasteiger partial charge >= 0.3 is 6.03 Å². The fraction of sp³-hybridized carbons (Fsp3) is 0.429. The molecule has 1 saturated heterocycles. The molecular weight excluding hydrogens is 338 g/mol. The molecule has 2 heterocycles. The Bertz CT molecular complexity index is 808. The molecule has 2 aromatic rings. The van der Waals surface area contributed by atoms with Crippen molar-refractivity contribution in [2.24, 2.45) is 0 Å². The Hall–Kier alpha value is -2.76. The van der Waals surface area contributed by atoms with Crippen molar-refractivity contribution in [2.45, 2.75) is 32.7 Å². The number of rotatable bonds is 4. The second kappa shape index (κ2) is 7.47. The molecule has 1 aliphatic carbocycles. The maximum atomic E-state index is 11.8. The zero-order valence-electron chi connectivity index (χ0n) is 16.0. The first-order valence-electron chi connectivity index (χ1n) is 9.70. The Morgan fingerprint density at radius 2 is 1.78 bits per heavy atom. The molecule has 0 bridgehead atoms. The molecule has 2 N–H and O–H groups in total.